The predicted molar refractivity (Wildman–Crippen MR) is 90.8 cm³/mol. The molecule has 0 fully saturated rings. The van der Waals surface area contributed by atoms with Gasteiger partial charge in [-0.2, -0.15) is 0 Å². The van der Waals surface area contributed by atoms with Gasteiger partial charge in [0.05, 0.1) is 6.42 Å². The highest BCUT2D eigenvalue weighted by molar-refractivity contribution is 5.69. The lowest BCUT2D eigenvalue weighted by Crippen LogP contribution is -2.25. The first-order valence-corrected chi connectivity index (χ1v) is 7.76. The van der Waals surface area contributed by atoms with Gasteiger partial charge in [-0.3, -0.25) is 4.79 Å². The standard InChI is InChI=1S/C19H30O3/c1-17(2,3)13-9-12(19(7,8)11-15(20)21)10-14(16(13)22)18(4,5)6/h9-10,22H,11H2,1-8H3,(H,20,21). The average Bonchev–Trinajstić information content (AvgIpc) is 2.23. The van der Waals surface area contributed by atoms with Gasteiger partial charge in [0, 0.05) is 5.41 Å². The monoisotopic (exact) mass is 306 g/mol. The lowest BCUT2D eigenvalue weighted by atomic mass is 9.73. The van der Waals surface area contributed by atoms with E-state index in [4.69, 9.17) is 0 Å². The van der Waals surface area contributed by atoms with Gasteiger partial charge < -0.3 is 10.2 Å². The van der Waals surface area contributed by atoms with Crippen LogP contribution in [0.2, 0.25) is 0 Å². The third kappa shape index (κ3) is 4.02. The van der Waals surface area contributed by atoms with Crippen LogP contribution in [0.4, 0.5) is 0 Å². The SMILES string of the molecule is CC(C)(C)c1cc(C(C)(C)CC(=O)O)cc(C(C)(C)C)c1O. The molecule has 1 aromatic carbocycles. The van der Waals surface area contributed by atoms with Crippen LogP contribution in [0.3, 0.4) is 0 Å². The third-order valence-corrected chi connectivity index (χ3v) is 4.10. The molecule has 0 spiro atoms. The van der Waals surface area contributed by atoms with Crippen LogP contribution in [0, 0.1) is 0 Å². The maximum Gasteiger partial charge on any atom is 0.304 e. The van der Waals surface area contributed by atoms with Gasteiger partial charge in [-0.25, -0.2) is 0 Å². The smallest absolute Gasteiger partial charge is 0.304 e. The van der Waals surface area contributed by atoms with Gasteiger partial charge in [-0.1, -0.05) is 67.5 Å². The van der Waals surface area contributed by atoms with Crippen LogP contribution in [0.5, 0.6) is 5.75 Å². The quantitative estimate of drug-likeness (QED) is 0.848. The second-order valence-corrected chi connectivity index (χ2v) is 8.87. The lowest BCUT2D eigenvalue weighted by Gasteiger charge is -2.32. The summed E-state index contributed by atoms with van der Waals surface area (Å²) in [5.74, 6) is -0.484. The molecule has 0 unspecified atom stereocenters. The summed E-state index contributed by atoms with van der Waals surface area (Å²) in [6.45, 7) is 16.2. The first kappa shape index (κ1) is 18.5. The molecule has 0 saturated carbocycles. The fraction of sp³-hybridized carbons (Fsp3) is 0.632. The number of rotatable bonds is 3. The molecule has 0 radical (unpaired) electrons. The average molecular weight is 306 g/mol. The number of aliphatic carboxylic acids is 1. The van der Waals surface area contributed by atoms with E-state index < -0.39 is 11.4 Å². The van der Waals surface area contributed by atoms with E-state index >= 15 is 0 Å². The maximum atomic E-state index is 11.2. The van der Waals surface area contributed by atoms with Crippen molar-refractivity contribution in [1.29, 1.82) is 0 Å². The molecule has 0 atom stereocenters. The van der Waals surface area contributed by atoms with Crippen molar-refractivity contribution in [3.05, 3.63) is 28.8 Å². The van der Waals surface area contributed by atoms with Gasteiger partial charge in [-0.15, -0.1) is 0 Å². The van der Waals surface area contributed by atoms with Crippen LogP contribution in [0.15, 0.2) is 12.1 Å². The number of phenols is 1. The summed E-state index contributed by atoms with van der Waals surface area (Å²) in [5, 5.41) is 19.9. The van der Waals surface area contributed by atoms with E-state index in [-0.39, 0.29) is 17.3 Å². The van der Waals surface area contributed by atoms with Crippen LogP contribution in [0.25, 0.3) is 0 Å². The van der Waals surface area contributed by atoms with Crippen LogP contribution >= 0.6 is 0 Å². The Morgan fingerprint density at radius 3 is 1.55 bits per heavy atom. The van der Waals surface area contributed by atoms with Gasteiger partial charge in [0.15, 0.2) is 0 Å². The highest BCUT2D eigenvalue weighted by atomic mass is 16.4. The number of benzene rings is 1. The number of carboxylic acid groups (broad SMARTS) is 1. The zero-order chi connectivity index (χ0) is 17.5. The normalized spacial score (nSPS) is 13.3. The van der Waals surface area contributed by atoms with Crippen molar-refractivity contribution in [2.24, 2.45) is 0 Å². The van der Waals surface area contributed by atoms with E-state index in [0.717, 1.165) is 16.7 Å². The number of aromatic hydroxyl groups is 1. The van der Waals surface area contributed by atoms with Crippen molar-refractivity contribution in [3.8, 4) is 5.75 Å². The Bertz CT molecular complexity index is 534. The second-order valence-electron chi connectivity index (χ2n) is 8.87. The minimum absolute atomic E-state index is 0.0605. The van der Waals surface area contributed by atoms with Gasteiger partial charge in [0.25, 0.3) is 0 Å². The van der Waals surface area contributed by atoms with Crippen molar-refractivity contribution < 1.29 is 15.0 Å². The van der Waals surface area contributed by atoms with E-state index in [2.05, 4.69) is 41.5 Å². The molecule has 22 heavy (non-hydrogen) atoms. The van der Waals surface area contributed by atoms with E-state index in [0.29, 0.717) is 5.75 Å². The van der Waals surface area contributed by atoms with Crippen molar-refractivity contribution in [2.75, 3.05) is 0 Å². The highest BCUT2D eigenvalue weighted by Gasteiger charge is 2.31. The molecule has 0 saturated heterocycles. The fourth-order valence-corrected chi connectivity index (χ4v) is 2.65. The fourth-order valence-electron chi connectivity index (χ4n) is 2.65. The van der Waals surface area contributed by atoms with Crippen LogP contribution in [-0.2, 0) is 21.0 Å². The predicted octanol–water partition coefficient (Wildman–Crippen LogP) is 4.74. The zero-order valence-electron chi connectivity index (χ0n) is 15.2. The first-order chi connectivity index (χ1) is 9.66. The Kier molecular flexibility index (Phi) is 4.72. The molecule has 1 rings (SSSR count). The lowest BCUT2D eigenvalue weighted by molar-refractivity contribution is -0.138. The van der Waals surface area contributed by atoms with E-state index in [1.165, 1.54) is 0 Å². The number of hydrogen-bond acceptors (Lipinski definition) is 2. The van der Waals surface area contributed by atoms with Crippen LogP contribution in [-0.4, -0.2) is 16.2 Å². The van der Waals surface area contributed by atoms with E-state index in [1.54, 1.807) is 0 Å². The summed E-state index contributed by atoms with van der Waals surface area (Å²) in [6.07, 6.45) is 0.0605. The van der Waals surface area contributed by atoms with Crippen LogP contribution < -0.4 is 0 Å². The summed E-state index contributed by atoms with van der Waals surface area (Å²) < 4.78 is 0. The van der Waals surface area contributed by atoms with Gasteiger partial charge in [0.2, 0.25) is 0 Å². The molecule has 0 aliphatic heterocycles. The zero-order valence-corrected chi connectivity index (χ0v) is 15.2. The molecule has 0 amide bonds. The molecule has 1 aromatic rings. The molecule has 0 bridgehead atoms. The Morgan fingerprint density at radius 1 is 0.909 bits per heavy atom. The van der Waals surface area contributed by atoms with E-state index in [9.17, 15) is 15.0 Å². The summed E-state index contributed by atoms with van der Waals surface area (Å²) in [4.78, 5) is 11.2. The largest absolute Gasteiger partial charge is 0.507 e. The van der Waals surface area contributed by atoms with Crippen molar-refractivity contribution >= 4 is 5.97 Å². The van der Waals surface area contributed by atoms with E-state index in [1.807, 2.05) is 26.0 Å². The summed E-state index contributed by atoms with van der Waals surface area (Å²) in [6, 6.07) is 3.93. The van der Waals surface area contributed by atoms with Crippen molar-refractivity contribution in [3.63, 3.8) is 0 Å². The molecule has 2 N–H and O–H groups in total. The molecular weight excluding hydrogens is 276 g/mol. The van der Waals surface area contributed by atoms with Gasteiger partial charge in [0.1, 0.15) is 5.75 Å². The summed E-state index contributed by atoms with van der Waals surface area (Å²) in [5.41, 5.74) is 1.79. The Labute approximate surface area is 134 Å². The minimum atomic E-state index is -0.812. The Morgan fingerprint density at radius 2 is 1.27 bits per heavy atom. The molecular formula is C19H30O3. The van der Waals surface area contributed by atoms with Crippen molar-refractivity contribution in [2.45, 2.75) is 78.1 Å². The second kappa shape index (κ2) is 5.60. The molecule has 0 aromatic heterocycles. The molecule has 3 heteroatoms. The molecule has 3 nitrogen and oxygen atoms in total. The number of hydrogen-bond donors (Lipinski definition) is 2. The van der Waals surface area contributed by atoms with Crippen molar-refractivity contribution in [1.82, 2.24) is 0 Å². The molecule has 0 heterocycles. The third-order valence-electron chi connectivity index (χ3n) is 4.10. The number of phenolic OH excluding ortho intramolecular Hbond substituents is 1. The number of carbonyl (C=O) groups is 1. The van der Waals surface area contributed by atoms with Gasteiger partial charge in [-0.05, 0) is 27.5 Å². The van der Waals surface area contributed by atoms with Crippen LogP contribution in [0.1, 0.15) is 78.5 Å². The Hall–Kier alpha value is -1.51. The molecule has 0 aliphatic carbocycles. The molecule has 124 valence electrons. The maximum absolute atomic E-state index is 11.2. The topological polar surface area (TPSA) is 57.5 Å². The Balaban J connectivity index is 3.65. The summed E-state index contributed by atoms with van der Waals surface area (Å²) >= 11 is 0. The molecule has 0 aliphatic rings. The highest BCUT2D eigenvalue weighted by Crippen LogP contribution is 2.42. The minimum Gasteiger partial charge on any atom is -0.507 e. The first-order valence-electron chi connectivity index (χ1n) is 7.76. The summed E-state index contributed by atoms with van der Waals surface area (Å²) in [7, 11) is 0. The number of carboxylic acids is 1. The van der Waals surface area contributed by atoms with Gasteiger partial charge >= 0.3 is 5.97 Å².